The summed E-state index contributed by atoms with van der Waals surface area (Å²) in [6, 6.07) is -0.982. The molecule has 0 heterocycles. The predicted octanol–water partition coefficient (Wildman–Crippen LogP) is 10.8. The second-order valence-electron chi connectivity index (χ2n) is 14.7. The molecule has 1 amide bonds. The molecule has 0 saturated carbocycles. The summed E-state index contributed by atoms with van der Waals surface area (Å²) in [6.07, 6.45) is 39.7. The average Bonchev–Trinajstić information content (AvgIpc) is 3.12. The minimum Gasteiger partial charge on any atom is -0.393 e. The fourth-order valence-corrected chi connectivity index (χ4v) is 7.05. The largest absolute Gasteiger partial charge is 0.472 e. The first-order valence-corrected chi connectivity index (χ1v) is 23.0. The van der Waals surface area contributed by atoms with Crippen LogP contribution in [0, 0.1) is 0 Å². The van der Waals surface area contributed by atoms with Crippen LogP contribution >= 0.6 is 7.82 Å². The maximum absolute atomic E-state index is 12.8. The maximum Gasteiger partial charge on any atom is 0.472 e. The molecular formula is C42H83N2O7P. The smallest absolute Gasteiger partial charge is 0.393 e. The number of allylic oxidation sites excluding steroid dienone is 3. The minimum absolute atomic E-state index is 0.0488. The molecule has 0 radical (unpaired) electrons. The Morgan fingerprint density at radius 2 is 1.08 bits per heavy atom. The summed E-state index contributed by atoms with van der Waals surface area (Å²) >= 11 is 0. The molecule has 0 aliphatic heterocycles. The fourth-order valence-electron chi connectivity index (χ4n) is 6.29. The molecule has 0 saturated heterocycles. The van der Waals surface area contributed by atoms with Gasteiger partial charge in [-0.1, -0.05) is 173 Å². The topological polar surface area (TPSA) is 151 Å². The van der Waals surface area contributed by atoms with Crippen molar-refractivity contribution in [1.82, 2.24) is 5.32 Å². The van der Waals surface area contributed by atoms with Crippen LogP contribution in [-0.4, -0.2) is 59.0 Å². The van der Waals surface area contributed by atoms with Crippen molar-refractivity contribution in [2.45, 2.75) is 218 Å². The van der Waals surface area contributed by atoms with E-state index in [1.807, 2.05) is 6.08 Å². The first kappa shape index (κ1) is 50.9. The molecule has 0 aromatic carbocycles. The molecule has 0 aliphatic rings. The molecule has 0 spiro atoms. The van der Waals surface area contributed by atoms with Gasteiger partial charge in [0, 0.05) is 6.54 Å². The number of amides is 1. The molecule has 0 fully saturated rings. The molecular weight excluding hydrogens is 675 g/mol. The van der Waals surface area contributed by atoms with E-state index in [2.05, 4.69) is 31.3 Å². The van der Waals surface area contributed by atoms with Gasteiger partial charge in [0.1, 0.15) is 0 Å². The molecule has 6 N–H and O–H groups in total. The number of nitrogens with one attached hydrogen (secondary N) is 1. The number of aliphatic hydroxyl groups excluding tert-OH is 2. The van der Waals surface area contributed by atoms with Crippen LogP contribution in [0.25, 0.3) is 0 Å². The number of phosphoric acid groups is 1. The van der Waals surface area contributed by atoms with Crippen molar-refractivity contribution in [2.75, 3.05) is 19.8 Å². The standard InChI is InChI=1S/C42H83N2O7P/c1-3-5-7-9-11-13-15-17-18-19-20-22-24-26-28-30-32-34-41(46)40(38-51-52(48,49)50-36-35-43)44-42(47)37-39(45)33-31-29-27-25-23-21-16-14-12-10-8-6-4-2/h14,16,32,34,39-41,45-46H,3-13,15,17-31,33,35-38,43H2,1-2H3,(H,44,47)(H,48,49)/b16-14-,34-32+. The van der Waals surface area contributed by atoms with E-state index < -0.39 is 38.6 Å². The maximum atomic E-state index is 12.8. The molecule has 308 valence electrons. The lowest BCUT2D eigenvalue weighted by Crippen LogP contribution is -2.46. The Bertz CT molecular complexity index is 888. The number of unbranched alkanes of at least 4 members (excludes halogenated alkanes) is 24. The van der Waals surface area contributed by atoms with Gasteiger partial charge >= 0.3 is 7.82 Å². The molecule has 0 aromatic rings. The highest BCUT2D eigenvalue weighted by Crippen LogP contribution is 2.43. The lowest BCUT2D eigenvalue weighted by Gasteiger charge is -2.24. The number of hydrogen-bond acceptors (Lipinski definition) is 7. The van der Waals surface area contributed by atoms with Crippen molar-refractivity contribution < 1.29 is 33.5 Å². The van der Waals surface area contributed by atoms with Crippen molar-refractivity contribution >= 4 is 13.7 Å². The fraction of sp³-hybridized carbons (Fsp3) is 0.881. The van der Waals surface area contributed by atoms with E-state index in [4.69, 9.17) is 14.8 Å². The third-order valence-electron chi connectivity index (χ3n) is 9.58. The molecule has 4 unspecified atom stereocenters. The molecule has 0 aliphatic carbocycles. The number of nitrogens with two attached hydrogens (primary N) is 1. The van der Waals surface area contributed by atoms with Crippen LogP contribution in [0.4, 0.5) is 0 Å². The Morgan fingerprint density at radius 1 is 0.654 bits per heavy atom. The van der Waals surface area contributed by atoms with Crippen molar-refractivity contribution in [1.29, 1.82) is 0 Å². The first-order chi connectivity index (χ1) is 25.3. The molecule has 0 bridgehead atoms. The second-order valence-corrected chi connectivity index (χ2v) is 16.2. The first-order valence-electron chi connectivity index (χ1n) is 21.5. The number of hydrogen-bond donors (Lipinski definition) is 5. The SMILES string of the molecule is CCCCCC/C=C\CCCCCCCC(O)CC(=O)NC(COP(=O)(O)OCCN)C(O)/C=C/CCCCCCCCCCCCCCCCC. The Morgan fingerprint density at radius 3 is 1.56 bits per heavy atom. The molecule has 9 nitrogen and oxygen atoms in total. The highest BCUT2D eigenvalue weighted by Gasteiger charge is 2.27. The quantitative estimate of drug-likeness (QED) is 0.0235. The van der Waals surface area contributed by atoms with Crippen molar-refractivity contribution in [3.8, 4) is 0 Å². The third-order valence-corrected chi connectivity index (χ3v) is 10.6. The molecule has 0 rings (SSSR count). The van der Waals surface area contributed by atoms with Crippen LogP contribution in [0.1, 0.15) is 200 Å². The van der Waals surface area contributed by atoms with Gasteiger partial charge in [-0.2, -0.15) is 0 Å². The van der Waals surface area contributed by atoms with Crippen LogP contribution in [0.15, 0.2) is 24.3 Å². The zero-order valence-electron chi connectivity index (χ0n) is 33.7. The molecule has 52 heavy (non-hydrogen) atoms. The van der Waals surface area contributed by atoms with E-state index in [9.17, 15) is 24.5 Å². The van der Waals surface area contributed by atoms with Gasteiger partial charge in [-0.15, -0.1) is 0 Å². The molecule has 10 heteroatoms. The number of carbonyl (C=O) groups is 1. The Hall–Kier alpha value is -1.06. The van der Waals surface area contributed by atoms with E-state index in [1.54, 1.807) is 6.08 Å². The van der Waals surface area contributed by atoms with Crippen molar-refractivity contribution in [2.24, 2.45) is 5.73 Å². The summed E-state index contributed by atoms with van der Waals surface area (Å²) in [7, 11) is -4.40. The van der Waals surface area contributed by atoms with Crippen LogP contribution < -0.4 is 11.1 Å². The van der Waals surface area contributed by atoms with Crippen molar-refractivity contribution in [3.05, 3.63) is 24.3 Å². The van der Waals surface area contributed by atoms with Gasteiger partial charge in [0.25, 0.3) is 0 Å². The van der Waals surface area contributed by atoms with Crippen LogP contribution in [0.2, 0.25) is 0 Å². The summed E-state index contributed by atoms with van der Waals surface area (Å²) < 4.78 is 22.1. The summed E-state index contributed by atoms with van der Waals surface area (Å²) in [5.74, 6) is -0.451. The van der Waals surface area contributed by atoms with Crippen LogP contribution in [0.5, 0.6) is 0 Å². The van der Waals surface area contributed by atoms with Crippen molar-refractivity contribution in [3.63, 3.8) is 0 Å². The number of aliphatic hydroxyl groups is 2. The molecule has 4 atom stereocenters. The van der Waals surface area contributed by atoms with Gasteiger partial charge in [0.05, 0.1) is 37.9 Å². The second kappa shape index (κ2) is 38.2. The summed E-state index contributed by atoms with van der Waals surface area (Å²) in [5, 5.41) is 24.0. The zero-order valence-corrected chi connectivity index (χ0v) is 34.6. The summed E-state index contributed by atoms with van der Waals surface area (Å²) in [4.78, 5) is 22.7. The Kier molecular flexibility index (Phi) is 37.4. The minimum atomic E-state index is -4.40. The van der Waals surface area contributed by atoms with E-state index in [0.717, 1.165) is 51.4 Å². The normalized spacial score (nSPS) is 15.0. The third kappa shape index (κ3) is 35.9. The van der Waals surface area contributed by atoms with E-state index in [0.29, 0.717) is 6.42 Å². The molecule has 0 aromatic heterocycles. The number of phosphoric ester groups is 1. The zero-order chi connectivity index (χ0) is 38.4. The van der Waals surface area contributed by atoms with Gasteiger partial charge in [-0.3, -0.25) is 13.8 Å². The lowest BCUT2D eigenvalue weighted by molar-refractivity contribution is -0.124. The van der Waals surface area contributed by atoms with Gasteiger partial charge < -0.3 is 26.2 Å². The van der Waals surface area contributed by atoms with Gasteiger partial charge in [-0.05, 0) is 44.9 Å². The van der Waals surface area contributed by atoms with Crippen LogP contribution in [-0.2, 0) is 18.4 Å². The monoisotopic (exact) mass is 759 g/mol. The van der Waals surface area contributed by atoms with E-state index in [-0.39, 0.29) is 19.6 Å². The highest BCUT2D eigenvalue weighted by molar-refractivity contribution is 7.47. The van der Waals surface area contributed by atoms with Gasteiger partial charge in [0.15, 0.2) is 0 Å². The summed E-state index contributed by atoms with van der Waals surface area (Å²) in [5.41, 5.74) is 5.36. The van der Waals surface area contributed by atoms with Gasteiger partial charge in [0.2, 0.25) is 5.91 Å². The number of carbonyl (C=O) groups excluding carboxylic acids is 1. The predicted molar refractivity (Wildman–Crippen MR) is 218 cm³/mol. The Labute approximate surface area is 320 Å². The van der Waals surface area contributed by atoms with E-state index >= 15 is 0 Å². The van der Waals surface area contributed by atoms with E-state index in [1.165, 1.54) is 122 Å². The lowest BCUT2D eigenvalue weighted by atomic mass is 10.0. The van der Waals surface area contributed by atoms with Gasteiger partial charge in [-0.25, -0.2) is 4.57 Å². The number of rotatable bonds is 40. The highest BCUT2D eigenvalue weighted by atomic mass is 31.2. The van der Waals surface area contributed by atoms with Crippen LogP contribution in [0.3, 0.4) is 0 Å². The Balaban J connectivity index is 4.35. The summed E-state index contributed by atoms with van der Waals surface area (Å²) in [6.45, 7) is 3.96. The average molecular weight is 759 g/mol.